The summed E-state index contributed by atoms with van der Waals surface area (Å²) in [5, 5.41) is 5.92. The molecule has 28 heavy (non-hydrogen) atoms. The second-order valence-corrected chi connectivity index (χ2v) is 7.17. The highest BCUT2D eigenvalue weighted by Crippen LogP contribution is 2.30. The maximum atomic E-state index is 11.8. The average Bonchev–Trinajstić information content (AvgIpc) is 3.15. The van der Waals surface area contributed by atoms with Crippen molar-refractivity contribution in [3.63, 3.8) is 0 Å². The van der Waals surface area contributed by atoms with Gasteiger partial charge < -0.3 is 9.64 Å². The van der Waals surface area contributed by atoms with Gasteiger partial charge in [-0.05, 0) is 12.1 Å². The van der Waals surface area contributed by atoms with E-state index in [-0.39, 0.29) is 0 Å². The number of anilines is 1. The predicted molar refractivity (Wildman–Crippen MR) is 107 cm³/mol. The highest BCUT2D eigenvalue weighted by atomic mass is 35.5. The van der Waals surface area contributed by atoms with Crippen LogP contribution in [0.15, 0.2) is 30.7 Å². The number of aldehydes is 1. The topological polar surface area (TPSA) is 76.4 Å². The Kier molecular flexibility index (Phi) is 5.34. The number of fused-ring (bicyclic) bond motifs is 1. The summed E-state index contributed by atoms with van der Waals surface area (Å²) >= 11 is 12.2. The highest BCUT2D eigenvalue weighted by Gasteiger charge is 2.26. The Balaban J connectivity index is 1.50. The number of nitrogens with zero attached hydrogens (tertiary/aromatic N) is 6. The number of halogens is 2. The van der Waals surface area contributed by atoms with Crippen LogP contribution < -0.4 is 9.64 Å². The first kappa shape index (κ1) is 18.9. The zero-order valence-electron chi connectivity index (χ0n) is 15.1. The Hall–Kier alpha value is -2.42. The molecular formula is C18H18Cl2N6O2. The standard InChI is InChI=1S/C18H18Cl2N6O2/c1-28-15-8-12(2-3-14(15)19)24-4-6-25(7-5-24)16(10-27)26-9-13-17(20)21-11-22-18(13)23-26/h2-3,8-11,16H,4-7H2,1H3. The smallest absolute Gasteiger partial charge is 0.185 e. The van der Waals surface area contributed by atoms with Crippen LogP contribution in [-0.4, -0.2) is 64.2 Å². The summed E-state index contributed by atoms with van der Waals surface area (Å²) in [4.78, 5) is 24.2. The van der Waals surface area contributed by atoms with Gasteiger partial charge in [-0.15, -0.1) is 0 Å². The van der Waals surface area contributed by atoms with E-state index in [2.05, 4.69) is 24.9 Å². The van der Waals surface area contributed by atoms with E-state index in [0.717, 1.165) is 25.1 Å². The molecule has 3 aromatic rings. The third-order valence-corrected chi connectivity index (χ3v) is 5.48. The van der Waals surface area contributed by atoms with Gasteiger partial charge in [-0.25, -0.2) is 14.6 Å². The van der Waals surface area contributed by atoms with E-state index in [1.165, 1.54) is 6.33 Å². The van der Waals surface area contributed by atoms with Crippen LogP contribution in [0.2, 0.25) is 10.2 Å². The lowest BCUT2D eigenvalue weighted by Gasteiger charge is -2.38. The Bertz CT molecular complexity index is 1000. The van der Waals surface area contributed by atoms with E-state index in [4.69, 9.17) is 27.9 Å². The van der Waals surface area contributed by atoms with E-state index in [0.29, 0.717) is 40.0 Å². The van der Waals surface area contributed by atoms with Crippen LogP contribution in [0.25, 0.3) is 11.0 Å². The molecule has 146 valence electrons. The number of carbonyl (C=O) groups excluding carboxylic acids is 1. The van der Waals surface area contributed by atoms with Crippen molar-refractivity contribution in [3.05, 3.63) is 40.9 Å². The predicted octanol–water partition coefficient (Wildman–Crippen LogP) is 2.66. The maximum Gasteiger partial charge on any atom is 0.185 e. The fraction of sp³-hybridized carbons (Fsp3) is 0.333. The molecule has 1 atom stereocenters. The first-order valence-electron chi connectivity index (χ1n) is 8.74. The van der Waals surface area contributed by atoms with Crippen LogP contribution in [0.1, 0.15) is 6.17 Å². The minimum atomic E-state index is -0.521. The summed E-state index contributed by atoms with van der Waals surface area (Å²) in [6.45, 7) is 2.92. The number of hydrogen-bond donors (Lipinski definition) is 0. The van der Waals surface area contributed by atoms with Crippen molar-refractivity contribution in [2.75, 3.05) is 38.2 Å². The summed E-state index contributed by atoms with van der Waals surface area (Å²) in [7, 11) is 1.60. The van der Waals surface area contributed by atoms with Gasteiger partial charge in [0.25, 0.3) is 0 Å². The Morgan fingerprint density at radius 3 is 2.64 bits per heavy atom. The van der Waals surface area contributed by atoms with Gasteiger partial charge in [0.2, 0.25) is 0 Å². The van der Waals surface area contributed by atoms with Crippen molar-refractivity contribution in [1.29, 1.82) is 0 Å². The Morgan fingerprint density at radius 1 is 1.18 bits per heavy atom. The van der Waals surface area contributed by atoms with Gasteiger partial charge in [0, 0.05) is 44.1 Å². The van der Waals surface area contributed by atoms with Gasteiger partial charge in [0.05, 0.1) is 17.5 Å². The van der Waals surface area contributed by atoms with Crippen molar-refractivity contribution < 1.29 is 9.53 Å². The zero-order valence-corrected chi connectivity index (χ0v) is 16.6. The van der Waals surface area contributed by atoms with Crippen molar-refractivity contribution in [1.82, 2.24) is 24.6 Å². The second kappa shape index (κ2) is 7.90. The minimum absolute atomic E-state index is 0.322. The lowest BCUT2D eigenvalue weighted by Crippen LogP contribution is -2.49. The molecule has 1 aliphatic rings. The van der Waals surface area contributed by atoms with Gasteiger partial charge in [-0.3, -0.25) is 9.69 Å². The summed E-state index contributed by atoms with van der Waals surface area (Å²) < 4.78 is 6.90. The van der Waals surface area contributed by atoms with Gasteiger partial charge in [-0.1, -0.05) is 23.2 Å². The Morgan fingerprint density at radius 2 is 1.96 bits per heavy atom. The number of ether oxygens (including phenoxy) is 1. The molecule has 1 fully saturated rings. The zero-order chi connectivity index (χ0) is 19.7. The summed E-state index contributed by atoms with van der Waals surface area (Å²) in [6.07, 6.45) is 3.44. The van der Waals surface area contributed by atoms with Gasteiger partial charge in [-0.2, -0.15) is 5.10 Å². The largest absolute Gasteiger partial charge is 0.495 e. The van der Waals surface area contributed by atoms with Crippen LogP contribution in [0.4, 0.5) is 5.69 Å². The second-order valence-electron chi connectivity index (χ2n) is 6.40. The first-order valence-corrected chi connectivity index (χ1v) is 9.49. The van der Waals surface area contributed by atoms with Crippen molar-refractivity contribution >= 4 is 46.2 Å². The number of methoxy groups -OCH3 is 1. The molecule has 0 saturated carbocycles. The molecule has 0 radical (unpaired) electrons. The molecule has 0 N–H and O–H groups in total. The van der Waals surface area contributed by atoms with Crippen LogP contribution in [0.5, 0.6) is 5.75 Å². The van der Waals surface area contributed by atoms with Crippen LogP contribution in [-0.2, 0) is 4.79 Å². The number of piperazine rings is 1. The number of carbonyl (C=O) groups is 1. The summed E-state index contributed by atoms with van der Waals surface area (Å²) in [6, 6.07) is 5.73. The van der Waals surface area contributed by atoms with Crippen LogP contribution in [0, 0.1) is 0 Å². The molecule has 8 nitrogen and oxygen atoms in total. The number of rotatable bonds is 5. The number of hydrogen-bond acceptors (Lipinski definition) is 7. The quantitative estimate of drug-likeness (QED) is 0.463. The lowest BCUT2D eigenvalue weighted by molar-refractivity contribution is -0.115. The molecule has 1 aliphatic heterocycles. The number of aromatic nitrogens is 4. The van der Waals surface area contributed by atoms with Gasteiger partial charge in [0.15, 0.2) is 18.1 Å². The molecule has 0 aliphatic carbocycles. The van der Waals surface area contributed by atoms with E-state index in [1.807, 2.05) is 18.2 Å². The molecule has 1 unspecified atom stereocenters. The van der Waals surface area contributed by atoms with Crippen molar-refractivity contribution in [3.8, 4) is 5.75 Å². The van der Waals surface area contributed by atoms with E-state index >= 15 is 0 Å². The monoisotopic (exact) mass is 420 g/mol. The summed E-state index contributed by atoms with van der Waals surface area (Å²) in [5.74, 6) is 0.647. The third kappa shape index (κ3) is 3.50. The van der Waals surface area contributed by atoms with Crippen molar-refractivity contribution in [2.24, 2.45) is 0 Å². The minimum Gasteiger partial charge on any atom is -0.495 e. The number of benzene rings is 1. The highest BCUT2D eigenvalue weighted by molar-refractivity contribution is 6.33. The summed E-state index contributed by atoms with van der Waals surface area (Å²) in [5.41, 5.74) is 1.51. The Labute approximate surface area is 171 Å². The van der Waals surface area contributed by atoms with Gasteiger partial charge >= 0.3 is 0 Å². The van der Waals surface area contributed by atoms with Crippen LogP contribution >= 0.6 is 23.2 Å². The molecule has 3 heterocycles. The maximum absolute atomic E-state index is 11.8. The fourth-order valence-electron chi connectivity index (χ4n) is 3.37. The molecule has 0 bridgehead atoms. The third-order valence-electron chi connectivity index (χ3n) is 4.87. The SMILES string of the molecule is COc1cc(N2CCN(C(C=O)n3cc4c(Cl)ncnc4n3)CC2)ccc1Cl. The molecule has 4 rings (SSSR count). The molecule has 0 spiro atoms. The molecule has 1 saturated heterocycles. The van der Waals surface area contributed by atoms with Crippen LogP contribution in [0.3, 0.4) is 0 Å². The van der Waals surface area contributed by atoms with E-state index in [9.17, 15) is 4.79 Å². The molecule has 1 aromatic carbocycles. The normalized spacial score (nSPS) is 16.3. The van der Waals surface area contributed by atoms with E-state index < -0.39 is 6.17 Å². The lowest BCUT2D eigenvalue weighted by atomic mass is 10.2. The van der Waals surface area contributed by atoms with Crippen molar-refractivity contribution in [2.45, 2.75) is 6.17 Å². The molecule has 2 aromatic heterocycles. The molecular weight excluding hydrogens is 403 g/mol. The average molecular weight is 421 g/mol. The van der Waals surface area contributed by atoms with Gasteiger partial charge in [0.1, 0.15) is 17.2 Å². The van der Waals surface area contributed by atoms with E-state index in [1.54, 1.807) is 18.0 Å². The first-order chi connectivity index (χ1) is 13.6. The molecule has 10 heteroatoms. The molecule has 0 amide bonds. The fourth-order valence-corrected chi connectivity index (χ4v) is 3.74.